The predicted molar refractivity (Wildman–Crippen MR) is 60.3 cm³/mol. The van der Waals surface area contributed by atoms with Gasteiger partial charge in [-0.3, -0.25) is 9.36 Å². The summed E-state index contributed by atoms with van der Waals surface area (Å²) < 4.78 is 23.7. The first-order chi connectivity index (χ1) is 7.46. The Kier molecular flexibility index (Phi) is 4.05. The molecule has 1 aromatic rings. The fourth-order valence-corrected chi connectivity index (χ4v) is 2.59. The molecule has 0 aliphatic rings. The second kappa shape index (κ2) is 5.11. The van der Waals surface area contributed by atoms with Gasteiger partial charge in [-0.15, -0.1) is 0 Å². The van der Waals surface area contributed by atoms with Crippen LogP contribution >= 0.6 is 0 Å². The number of aromatic nitrogens is 2. The number of aromatic amines is 1. The number of hydrogen-bond acceptors (Lipinski definition) is 4. The minimum Gasteiger partial charge on any atom is -0.314 e. The van der Waals surface area contributed by atoms with Crippen molar-refractivity contribution in [1.29, 1.82) is 0 Å². The second-order valence-corrected chi connectivity index (χ2v) is 5.73. The Morgan fingerprint density at radius 2 is 2.00 bits per heavy atom. The molecule has 0 unspecified atom stereocenters. The average Bonchev–Trinajstić information content (AvgIpc) is 2.16. The minimum absolute atomic E-state index is 0.0759. The maximum atomic E-state index is 11.4. The van der Waals surface area contributed by atoms with Crippen molar-refractivity contribution in [1.82, 2.24) is 9.55 Å². The fraction of sp³-hybridized carbons (Fsp3) is 0.556. The summed E-state index contributed by atoms with van der Waals surface area (Å²) in [4.78, 5) is 24.8. The Morgan fingerprint density at radius 3 is 2.56 bits per heavy atom. The number of hydrogen-bond donors (Lipinski definition) is 1. The Bertz CT molecular complexity index is 527. The van der Waals surface area contributed by atoms with Crippen LogP contribution in [-0.2, 0) is 16.4 Å². The van der Waals surface area contributed by atoms with E-state index in [9.17, 15) is 18.0 Å². The molecule has 16 heavy (non-hydrogen) atoms. The van der Waals surface area contributed by atoms with E-state index < -0.39 is 21.1 Å². The lowest BCUT2D eigenvalue weighted by Gasteiger charge is -2.04. The molecule has 0 radical (unpaired) electrons. The zero-order valence-electron chi connectivity index (χ0n) is 8.97. The summed E-state index contributed by atoms with van der Waals surface area (Å²) in [6.07, 6.45) is 1.77. The molecule has 1 heterocycles. The lowest BCUT2D eigenvalue weighted by molar-refractivity contribution is 0.582. The van der Waals surface area contributed by atoms with E-state index in [1.807, 2.05) is 0 Å². The normalized spacial score (nSPS) is 11.6. The van der Waals surface area contributed by atoms with Crippen molar-refractivity contribution in [2.24, 2.45) is 0 Å². The van der Waals surface area contributed by atoms with Crippen LogP contribution in [0, 0.1) is 0 Å². The quantitative estimate of drug-likeness (QED) is 0.748. The van der Waals surface area contributed by atoms with Crippen LogP contribution in [0.2, 0.25) is 0 Å². The van der Waals surface area contributed by atoms with Gasteiger partial charge in [-0.2, -0.15) is 0 Å². The first-order valence-electron chi connectivity index (χ1n) is 4.95. The molecule has 0 saturated heterocycles. The first kappa shape index (κ1) is 12.7. The van der Waals surface area contributed by atoms with Gasteiger partial charge in [0, 0.05) is 24.6 Å². The van der Waals surface area contributed by atoms with E-state index in [2.05, 4.69) is 4.98 Å². The molecule has 7 heteroatoms. The molecule has 6 nitrogen and oxygen atoms in total. The zero-order chi connectivity index (χ0) is 12.2. The average molecular weight is 246 g/mol. The van der Waals surface area contributed by atoms with Crippen LogP contribution in [0.25, 0.3) is 0 Å². The van der Waals surface area contributed by atoms with Crippen molar-refractivity contribution in [2.45, 2.75) is 19.9 Å². The molecule has 0 aliphatic carbocycles. The monoisotopic (exact) mass is 246 g/mol. The molecular formula is C9H14N2O4S. The van der Waals surface area contributed by atoms with E-state index in [-0.39, 0.29) is 18.1 Å². The van der Waals surface area contributed by atoms with E-state index in [0.29, 0.717) is 6.42 Å². The summed E-state index contributed by atoms with van der Waals surface area (Å²) in [6.45, 7) is 1.66. The highest BCUT2D eigenvalue weighted by Gasteiger charge is 2.10. The van der Waals surface area contributed by atoms with Gasteiger partial charge in [0.15, 0.2) is 9.84 Å². The van der Waals surface area contributed by atoms with E-state index in [1.165, 1.54) is 12.3 Å². The Morgan fingerprint density at radius 1 is 1.31 bits per heavy atom. The van der Waals surface area contributed by atoms with E-state index in [0.717, 1.165) is 4.57 Å². The Labute approximate surface area is 92.9 Å². The van der Waals surface area contributed by atoms with Gasteiger partial charge in [-0.1, -0.05) is 6.92 Å². The molecule has 0 saturated carbocycles. The Balaban J connectivity index is 2.84. The summed E-state index contributed by atoms with van der Waals surface area (Å²) >= 11 is 0. The lowest BCUT2D eigenvalue weighted by Crippen LogP contribution is -2.36. The number of nitrogens with zero attached hydrogens (tertiary/aromatic N) is 1. The third-order valence-corrected chi connectivity index (χ3v) is 3.92. The molecule has 0 aromatic carbocycles. The van der Waals surface area contributed by atoms with Crippen LogP contribution in [0.4, 0.5) is 0 Å². The van der Waals surface area contributed by atoms with Crippen LogP contribution in [0.15, 0.2) is 21.9 Å². The molecule has 0 atom stereocenters. The maximum absolute atomic E-state index is 11.4. The van der Waals surface area contributed by atoms with Gasteiger partial charge >= 0.3 is 5.69 Å². The number of H-pyrrole nitrogens is 1. The van der Waals surface area contributed by atoms with Crippen molar-refractivity contribution in [3.8, 4) is 0 Å². The molecule has 1 rings (SSSR count). The number of nitrogens with one attached hydrogen (secondary N) is 1. The van der Waals surface area contributed by atoms with E-state index in [1.54, 1.807) is 6.92 Å². The number of sulfone groups is 1. The van der Waals surface area contributed by atoms with Gasteiger partial charge in [0.2, 0.25) is 0 Å². The molecular weight excluding hydrogens is 232 g/mol. The predicted octanol–water partition coefficient (Wildman–Crippen LogP) is -0.639. The fourth-order valence-electron chi connectivity index (χ4n) is 1.31. The van der Waals surface area contributed by atoms with Crippen LogP contribution in [0.5, 0.6) is 0 Å². The molecule has 90 valence electrons. The van der Waals surface area contributed by atoms with Crippen molar-refractivity contribution >= 4 is 9.84 Å². The highest BCUT2D eigenvalue weighted by atomic mass is 32.2. The third kappa shape index (κ3) is 3.34. The lowest BCUT2D eigenvalue weighted by atomic mass is 10.6. The molecule has 0 amide bonds. The molecule has 0 spiro atoms. The topological polar surface area (TPSA) is 89.0 Å². The molecule has 0 fully saturated rings. The van der Waals surface area contributed by atoms with Gasteiger partial charge in [-0.05, 0) is 6.42 Å². The largest absolute Gasteiger partial charge is 0.328 e. The molecule has 0 aliphatic heterocycles. The highest BCUT2D eigenvalue weighted by molar-refractivity contribution is 7.91. The van der Waals surface area contributed by atoms with Crippen LogP contribution in [0.3, 0.4) is 0 Å². The van der Waals surface area contributed by atoms with Crippen molar-refractivity contribution in [3.05, 3.63) is 33.1 Å². The van der Waals surface area contributed by atoms with Gasteiger partial charge in [0.1, 0.15) is 0 Å². The van der Waals surface area contributed by atoms with Gasteiger partial charge in [-0.25, -0.2) is 13.2 Å². The van der Waals surface area contributed by atoms with Crippen LogP contribution < -0.4 is 11.2 Å². The van der Waals surface area contributed by atoms with E-state index in [4.69, 9.17) is 0 Å². The maximum Gasteiger partial charge on any atom is 0.328 e. The Hall–Kier alpha value is -1.37. The SMILES string of the molecule is CCCS(=O)(=O)CCn1c(=O)cc[nH]c1=O. The summed E-state index contributed by atoms with van der Waals surface area (Å²) in [5.41, 5.74) is -1.07. The second-order valence-electron chi connectivity index (χ2n) is 3.42. The standard InChI is InChI=1S/C9H14N2O4S/c1-2-6-16(14,15)7-5-11-8(12)3-4-10-9(11)13/h3-4H,2,5-7H2,1H3,(H,10,13). The van der Waals surface area contributed by atoms with Gasteiger partial charge < -0.3 is 4.98 Å². The summed E-state index contributed by atoms with van der Waals surface area (Å²) in [5, 5.41) is 0. The van der Waals surface area contributed by atoms with Crippen LogP contribution in [0.1, 0.15) is 13.3 Å². The van der Waals surface area contributed by atoms with Gasteiger partial charge in [0.25, 0.3) is 5.56 Å². The van der Waals surface area contributed by atoms with Crippen molar-refractivity contribution < 1.29 is 8.42 Å². The number of rotatable bonds is 5. The van der Waals surface area contributed by atoms with Crippen molar-refractivity contribution in [3.63, 3.8) is 0 Å². The van der Waals surface area contributed by atoms with E-state index >= 15 is 0 Å². The molecule has 0 bridgehead atoms. The summed E-state index contributed by atoms with van der Waals surface area (Å²) in [7, 11) is -3.18. The van der Waals surface area contributed by atoms with Gasteiger partial charge in [0.05, 0.1) is 5.75 Å². The minimum atomic E-state index is -3.18. The van der Waals surface area contributed by atoms with Crippen LogP contribution in [-0.4, -0.2) is 29.5 Å². The smallest absolute Gasteiger partial charge is 0.314 e. The molecule has 1 N–H and O–H groups in total. The molecule has 1 aromatic heterocycles. The zero-order valence-corrected chi connectivity index (χ0v) is 9.79. The third-order valence-electron chi connectivity index (χ3n) is 2.08. The first-order valence-corrected chi connectivity index (χ1v) is 6.77. The van der Waals surface area contributed by atoms with Crippen molar-refractivity contribution in [2.75, 3.05) is 11.5 Å². The summed E-state index contributed by atoms with van der Waals surface area (Å²) in [5.74, 6) is -0.111. The highest BCUT2D eigenvalue weighted by Crippen LogP contribution is 1.93. The summed E-state index contributed by atoms with van der Waals surface area (Å²) in [6, 6.07) is 1.19.